The number of nitrogens with zero attached hydrogens (tertiary/aromatic N) is 2. The molecule has 2 amide bonds. The molecule has 0 aromatic heterocycles. The lowest BCUT2D eigenvalue weighted by atomic mass is 9.88. The standard InChI is InChI=1S/C21H19Cl2N3O4/c22-16-8-4-7-15(18(16)23)19(27)26-11-9-21(10-12-26)13-17(25-30-21)29-20(28)24-14-5-2-1-3-6-14/h1-8H,9-13H2,(H,24,28). The molecule has 7 nitrogen and oxygen atoms in total. The molecule has 0 unspecified atom stereocenters. The fourth-order valence-electron chi connectivity index (χ4n) is 3.54. The van der Waals surface area contributed by atoms with Gasteiger partial charge < -0.3 is 14.5 Å². The summed E-state index contributed by atoms with van der Waals surface area (Å²) in [6.07, 6.45) is 0.875. The predicted octanol–water partition coefficient (Wildman–Crippen LogP) is 4.95. The minimum atomic E-state index is -0.621. The summed E-state index contributed by atoms with van der Waals surface area (Å²) in [5.41, 5.74) is 0.436. The molecule has 1 fully saturated rings. The molecule has 0 bridgehead atoms. The predicted molar refractivity (Wildman–Crippen MR) is 114 cm³/mol. The number of nitrogens with one attached hydrogen (secondary N) is 1. The van der Waals surface area contributed by atoms with Crippen molar-refractivity contribution in [1.82, 2.24) is 4.90 Å². The van der Waals surface area contributed by atoms with Gasteiger partial charge in [0.25, 0.3) is 5.91 Å². The van der Waals surface area contributed by atoms with Crippen LogP contribution in [0, 0.1) is 0 Å². The van der Waals surface area contributed by atoms with Crippen LogP contribution in [0.1, 0.15) is 29.6 Å². The first-order valence-electron chi connectivity index (χ1n) is 9.48. The molecule has 0 saturated carbocycles. The number of hydrogen-bond acceptors (Lipinski definition) is 5. The number of likely N-dealkylation sites (tertiary alicyclic amines) is 1. The third kappa shape index (κ3) is 4.37. The zero-order valence-corrected chi connectivity index (χ0v) is 17.4. The second-order valence-electron chi connectivity index (χ2n) is 7.21. The Kier molecular flexibility index (Phi) is 5.83. The first-order chi connectivity index (χ1) is 14.5. The van der Waals surface area contributed by atoms with Crippen LogP contribution in [0.15, 0.2) is 53.7 Å². The molecule has 2 aliphatic heterocycles. The minimum Gasteiger partial charge on any atom is -0.392 e. The average molecular weight is 448 g/mol. The highest BCUT2D eigenvalue weighted by atomic mass is 35.5. The highest BCUT2D eigenvalue weighted by Gasteiger charge is 2.44. The number of benzene rings is 2. The number of ether oxygens (including phenoxy) is 1. The van der Waals surface area contributed by atoms with Crippen LogP contribution in [0.25, 0.3) is 0 Å². The molecule has 9 heteroatoms. The normalized spacial score (nSPS) is 17.3. The molecule has 2 aromatic carbocycles. The molecule has 2 heterocycles. The molecule has 1 N–H and O–H groups in total. The Morgan fingerprint density at radius 2 is 1.80 bits per heavy atom. The number of para-hydroxylation sites is 1. The lowest BCUT2D eigenvalue weighted by Crippen LogP contribution is -2.47. The van der Waals surface area contributed by atoms with Crippen molar-refractivity contribution in [2.24, 2.45) is 5.16 Å². The van der Waals surface area contributed by atoms with Crippen molar-refractivity contribution in [2.45, 2.75) is 24.9 Å². The summed E-state index contributed by atoms with van der Waals surface area (Å²) in [6, 6.07) is 14.0. The van der Waals surface area contributed by atoms with Crippen molar-refractivity contribution in [3.05, 3.63) is 64.1 Å². The van der Waals surface area contributed by atoms with Gasteiger partial charge in [-0.25, -0.2) is 4.79 Å². The number of carbonyl (C=O) groups is 2. The molecule has 0 atom stereocenters. The summed E-state index contributed by atoms with van der Waals surface area (Å²) in [7, 11) is 0. The maximum atomic E-state index is 12.8. The smallest absolute Gasteiger partial charge is 0.392 e. The van der Waals surface area contributed by atoms with Crippen LogP contribution in [0.2, 0.25) is 10.0 Å². The average Bonchev–Trinajstić information content (AvgIpc) is 3.12. The zero-order valence-electron chi connectivity index (χ0n) is 15.9. The van der Waals surface area contributed by atoms with E-state index in [0.29, 0.717) is 48.6 Å². The van der Waals surface area contributed by atoms with Gasteiger partial charge in [-0.05, 0) is 24.3 Å². The number of carbonyl (C=O) groups excluding carboxylic acids is 2. The van der Waals surface area contributed by atoms with Gasteiger partial charge in [0.05, 0.1) is 22.0 Å². The maximum absolute atomic E-state index is 12.8. The number of oxime groups is 1. The topological polar surface area (TPSA) is 80.2 Å². The van der Waals surface area contributed by atoms with Crippen LogP contribution in [0.4, 0.5) is 10.5 Å². The molecule has 0 radical (unpaired) electrons. The molecular formula is C21H19Cl2N3O4. The highest BCUT2D eigenvalue weighted by Crippen LogP contribution is 2.36. The first kappa shape index (κ1) is 20.5. The van der Waals surface area contributed by atoms with Gasteiger partial charge >= 0.3 is 6.09 Å². The second-order valence-corrected chi connectivity index (χ2v) is 8.00. The number of hydrogen-bond donors (Lipinski definition) is 1. The Labute approximate surface area is 183 Å². The van der Waals surface area contributed by atoms with Gasteiger partial charge in [-0.2, -0.15) is 0 Å². The molecule has 2 aromatic rings. The molecule has 30 heavy (non-hydrogen) atoms. The van der Waals surface area contributed by atoms with E-state index in [-0.39, 0.29) is 16.8 Å². The number of amides is 2. The lowest BCUT2D eigenvalue weighted by Gasteiger charge is -2.37. The summed E-state index contributed by atoms with van der Waals surface area (Å²) in [5, 5.41) is 7.18. The van der Waals surface area contributed by atoms with E-state index >= 15 is 0 Å². The molecule has 1 spiro atoms. The van der Waals surface area contributed by atoms with E-state index in [2.05, 4.69) is 10.5 Å². The molecule has 156 valence electrons. The summed E-state index contributed by atoms with van der Waals surface area (Å²) in [6.45, 7) is 0.946. The van der Waals surface area contributed by atoms with E-state index in [4.69, 9.17) is 32.8 Å². The van der Waals surface area contributed by atoms with Crippen molar-refractivity contribution in [3.8, 4) is 0 Å². The highest BCUT2D eigenvalue weighted by molar-refractivity contribution is 6.43. The van der Waals surface area contributed by atoms with Crippen molar-refractivity contribution in [2.75, 3.05) is 18.4 Å². The van der Waals surface area contributed by atoms with Crippen LogP contribution in [-0.4, -0.2) is 41.5 Å². The molecule has 4 rings (SSSR count). The minimum absolute atomic E-state index is 0.171. The van der Waals surface area contributed by atoms with Gasteiger partial charge in [0.15, 0.2) is 0 Å². The zero-order chi connectivity index (χ0) is 21.1. The third-order valence-corrected chi connectivity index (χ3v) is 6.01. The van der Waals surface area contributed by atoms with E-state index in [1.54, 1.807) is 35.2 Å². The third-order valence-electron chi connectivity index (χ3n) is 5.19. The van der Waals surface area contributed by atoms with Crippen molar-refractivity contribution < 1.29 is 19.2 Å². The number of anilines is 1. The van der Waals surface area contributed by atoms with Crippen LogP contribution in [0.5, 0.6) is 0 Å². The fraction of sp³-hybridized carbons (Fsp3) is 0.286. The Morgan fingerprint density at radius 1 is 1.07 bits per heavy atom. The van der Waals surface area contributed by atoms with E-state index in [1.807, 2.05) is 18.2 Å². The molecule has 1 saturated heterocycles. The van der Waals surface area contributed by atoms with Crippen molar-refractivity contribution in [3.63, 3.8) is 0 Å². The van der Waals surface area contributed by atoms with E-state index in [9.17, 15) is 9.59 Å². The SMILES string of the molecule is O=C(Nc1ccccc1)OC1=NOC2(CCN(C(=O)c3cccc(Cl)c3Cl)CC2)C1. The van der Waals surface area contributed by atoms with Crippen molar-refractivity contribution >= 4 is 46.8 Å². The van der Waals surface area contributed by atoms with Crippen LogP contribution >= 0.6 is 23.2 Å². The largest absolute Gasteiger partial charge is 0.418 e. The summed E-state index contributed by atoms with van der Waals surface area (Å²) < 4.78 is 5.28. The van der Waals surface area contributed by atoms with Gasteiger partial charge in [-0.1, -0.05) is 52.6 Å². The van der Waals surface area contributed by atoms with Gasteiger partial charge in [0.1, 0.15) is 5.60 Å². The van der Waals surface area contributed by atoms with Gasteiger partial charge in [-0.3, -0.25) is 10.1 Å². The quantitative estimate of drug-likeness (QED) is 0.705. The summed E-state index contributed by atoms with van der Waals surface area (Å²) >= 11 is 12.2. The van der Waals surface area contributed by atoms with Crippen LogP contribution in [-0.2, 0) is 9.57 Å². The van der Waals surface area contributed by atoms with E-state index < -0.39 is 11.7 Å². The van der Waals surface area contributed by atoms with E-state index in [0.717, 1.165) is 0 Å². The molecular weight excluding hydrogens is 429 g/mol. The maximum Gasteiger partial charge on any atom is 0.418 e. The van der Waals surface area contributed by atoms with Crippen molar-refractivity contribution in [1.29, 1.82) is 0 Å². The van der Waals surface area contributed by atoms with Gasteiger partial charge in [-0.15, -0.1) is 0 Å². The van der Waals surface area contributed by atoms with Crippen LogP contribution in [0.3, 0.4) is 0 Å². The monoisotopic (exact) mass is 447 g/mol. The summed E-state index contributed by atoms with van der Waals surface area (Å²) in [5.74, 6) is 0.0519. The Bertz CT molecular complexity index is 989. The van der Waals surface area contributed by atoms with Gasteiger partial charge in [0, 0.05) is 31.6 Å². The Hall–Kier alpha value is -2.77. The second kappa shape index (κ2) is 8.53. The number of rotatable bonds is 2. The fourth-order valence-corrected chi connectivity index (χ4v) is 3.92. The Morgan fingerprint density at radius 3 is 2.53 bits per heavy atom. The molecule has 2 aliphatic rings. The van der Waals surface area contributed by atoms with Crippen LogP contribution < -0.4 is 5.32 Å². The lowest BCUT2D eigenvalue weighted by molar-refractivity contribution is -0.0568. The Balaban J connectivity index is 1.31. The number of halogens is 2. The number of piperidine rings is 1. The molecule has 0 aliphatic carbocycles. The first-order valence-corrected chi connectivity index (χ1v) is 10.2. The summed E-state index contributed by atoms with van der Waals surface area (Å²) in [4.78, 5) is 32.2. The van der Waals surface area contributed by atoms with E-state index in [1.165, 1.54) is 0 Å². The van der Waals surface area contributed by atoms with Gasteiger partial charge in [0.2, 0.25) is 5.90 Å².